The van der Waals surface area contributed by atoms with Crippen LogP contribution in [0, 0.1) is 17.5 Å². The number of benzene rings is 1. The molecule has 1 heterocycles. The smallest absolute Gasteiger partial charge is 0.246 e. The molecule has 1 atom stereocenters. The fraction of sp³-hybridized carbons (Fsp3) is 0.400. The van der Waals surface area contributed by atoms with E-state index in [1.165, 1.54) is 0 Å². The van der Waals surface area contributed by atoms with Gasteiger partial charge in [-0.1, -0.05) is 0 Å². The van der Waals surface area contributed by atoms with Crippen molar-refractivity contribution in [2.24, 2.45) is 5.73 Å². The Morgan fingerprint density at radius 2 is 1.84 bits per heavy atom. The normalized spacial score (nSPS) is 20.3. The number of halogens is 4. The van der Waals surface area contributed by atoms with E-state index in [-0.39, 0.29) is 31.5 Å². The van der Waals surface area contributed by atoms with Crippen molar-refractivity contribution in [3.05, 3.63) is 29.6 Å². The highest BCUT2D eigenvalue weighted by atomic mass is 35.5. The third-order valence-electron chi connectivity index (χ3n) is 2.81. The lowest BCUT2D eigenvalue weighted by Crippen LogP contribution is -2.32. The monoisotopic (exact) mass is 316 g/mol. The van der Waals surface area contributed by atoms with Crippen LogP contribution in [0.25, 0.3) is 0 Å². The minimum Gasteiger partial charge on any atom is -0.326 e. The molecule has 1 fully saturated rings. The first-order valence-corrected chi connectivity index (χ1v) is 6.67. The molecule has 1 saturated heterocycles. The summed E-state index contributed by atoms with van der Waals surface area (Å²) in [5, 5.41) is 0. The lowest BCUT2D eigenvalue weighted by molar-refractivity contribution is 0.422. The summed E-state index contributed by atoms with van der Waals surface area (Å²) in [7, 11) is -4.17. The van der Waals surface area contributed by atoms with E-state index >= 15 is 0 Å². The molecule has 2 rings (SSSR count). The van der Waals surface area contributed by atoms with Crippen LogP contribution < -0.4 is 5.73 Å². The molecule has 2 N–H and O–H groups in total. The van der Waals surface area contributed by atoms with Gasteiger partial charge in [-0.3, -0.25) is 0 Å². The van der Waals surface area contributed by atoms with Crippen LogP contribution in [0.4, 0.5) is 13.2 Å². The highest BCUT2D eigenvalue weighted by molar-refractivity contribution is 7.89. The third kappa shape index (κ3) is 2.86. The van der Waals surface area contributed by atoms with E-state index in [0.29, 0.717) is 18.6 Å². The molecule has 4 nitrogen and oxygen atoms in total. The zero-order valence-corrected chi connectivity index (χ0v) is 11.3. The molecule has 0 unspecified atom stereocenters. The molecular formula is C10H12ClF3N2O2S. The summed E-state index contributed by atoms with van der Waals surface area (Å²) < 4.78 is 64.2. The van der Waals surface area contributed by atoms with Crippen molar-refractivity contribution in [3.63, 3.8) is 0 Å². The van der Waals surface area contributed by atoms with Crippen molar-refractivity contribution >= 4 is 22.4 Å². The van der Waals surface area contributed by atoms with Crippen molar-refractivity contribution in [1.82, 2.24) is 4.31 Å². The number of hydrogen-bond acceptors (Lipinski definition) is 3. The van der Waals surface area contributed by atoms with Gasteiger partial charge in [-0.15, -0.1) is 12.4 Å². The summed E-state index contributed by atoms with van der Waals surface area (Å²) in [4.78, 5) is -0.865. The Kier molecular flexibility index (Phi) is 4.83. The van der Waals surface area contributed by atoms with E-state index in [4.69, 9.17) is 5.73 Å². The molecule has 1 aliphatic rings. The molecule has 1 aromatic carbocycles. The van der Waals surface area contributed by atoms with Gasteiger partial charge in [-0.05, 0) is 18.6 Å². The molecule has 1 aromatic rings. The van der Waals surface area contributed by atoms with Gasteiger partial charge < -0.3 is 5.73 Å². The molecule has 9 heteroatoms. The summed E-state index contributed by atoms with van der Waals surface area (Å²) in [6.45, 7) is 0.183. The van der Waals surface area contributed by atoms with Gasteiger partial charge in [-0.2, -0.15) is 4.31 Å². The predicted molar refractivity (Wildman–Crippen MR) is 64.9 cm³/mol. The van der Waals surface area contributed by atoms with Crippen LogP contribution in [0.3, 0.4) is 0 Å². The Morgan fingerprint density at radius 1 is 1.21 bits per heavy atom. The Bertz CT molecular complexity index is 582. The molecule has 0 radical (unpaired) electrons. The molecule has 0 spiro atoms. The van der Waals surface area contributed by atoms with Gasteiger partial charge in [0, 0.05) is 19.1 Å². The molecule has 19 heavy (non-hydrogen) atoms. The molecular weight excluding hydrogens is 305 g/mol. The van der Waals surface area contributed by atoms with Crippen molar-refractivity contribution in [2.75, 3.05) is 13.1 Å². The molecule has 0 saturated carbocycles. The minimum atomic E-state index is -4.17. The molecule has 108 valence electrons. The van der Waals surface area contributed by atoms with Crippen LogP contribution in [-0.2, 0) is 10.0 Å². The Hall–Kier alpha value is -0.830. The van der Waals surface area contributed by atoms with Gasteiger partial charge in [0.2, 0.25) is 10.0 Å². The van der Waals surface area contributed by atoms with Gasteiger partial charge >= 0.3 is 0 Å². The fourth-order valence-corrected chi connectivity index (χ4v) is 3.39. The highest BCUT2D eigenvalue weighted by Crippen LogP contribution is 2.25. The predicted octanol–water partition coefficient (Wildman–Crippen LogP) is 1.25. The van der Waals surface area contributed by atoms with Crippen LogP contribution in [0.5, 0.6) is 0 Å². The lowest BCUT2D eigenvalue weighted by atomic mass is 10.3. The maximum Gasteiger partial charge on any atom is 0.246 e. The number of sulfonamides is 1. The van der Waals surface area contributed by atoms with Crippen molar-refractivity contribution in [1.29, 1.82) is 0 Å². The second-order valence-electron chi connectivity index (χ2n) is 4.09. The van der Waals surface area contributed by atoms with Crippen LogP contribution >= 0.6 is 12.4 Å². The van der Waals surface area contributed by atoms with E-state index in [9.17, 15) is 21.6 Å². The number of nitrogens with two attached hydrogens (primary N) is 1. The van der Waals surface area contributed by atoms with Crippen LogP contribution in [0.15, 0.2) is 17.0 Å². The van der Waals surface area contributed by atoms with E-state index in [2.05, 4.69) is 0 Å². The van der Waals surface area contributed by atoms with Crippen LogP contribution in [0.1, 0.15) is 6.42 Å². The average Bonchev–Trinajstić information content (AvgIpc) is 2.73. The van der Waals surface area contributed by atoms with Gasteiger partial charge in [-0.25, -0.2) is 21.6 Å². The van der Waals surface area contributed by atoms with Gasteiger partial charge in [0.05, 0.1) is 0 Å². The van der Waals surface area contributed by atoms with Crippen LogP contribution in [0.2, 0.25) is 0 Å². The molecule has 0 amide bonds. The summed E-state index contributed by atoms with van der Waals surface area (Å²) in [5.41, 5.74) is 5.56. The maximum absolute atomic E-state index is 13.5. The standard InChI is InChI=1S/C10H11F3N2O2S.ClH/c11-7-1-2-8(10(13)9(7)12)18(16,17)15-4-3-6(14)5-15;/h1-2,6H,3-5,14H2;1H/t6-;/m1./s1. The van der Waals surface area contributed by atoms with E-state index in [0.717, 1.165) is 4.31 Å². The summed E-state index contributed by atoms with van der Waals surface area (Å²) in [6.07, 6.45) is 0.449. The Balaban J connectivity index is 0.00000180. The topological polar surface area (TPSA) is 63.4 Å². The van der Waals surface area contributed by atoms with Gasteiger partial charge in [0.25, 0.3) is 0 Å². The minimum absolute atomic E-state index is 0. The van der Waals surface area contributed by atoms with E-state index < -0.39 is 32.4 Å². The first kappa shape index (κ1) is 16.2. The molecule has 0 aromatic heterocycles. The lowest BCUT2D eigenvalue weighted by Gasteiger charge is -2.16. The maximum atomic E-state index is 13.5. The first-order valence-electron chi connectivity index (χ1n) is 5.23. The molecule has 1 aliphatic heterocycles. The number of hydrogen-bond donors (Lipinski definition) is 1. The Labute approximate surface area is 114 Å². The van der Waals surface area contributed by atoms with Crippen molar-refractivity contribution in [2.45, 2.75) is 17.4 Å². The largest absolute Gasteiger partial charge is 0.326 e. The van der Waals surface area contributed by atoms with Gasteiger partial charge in [0.1, 0.15) is 4.90 Å². The number of nitrogens with zero attached hydrogens (tertiary/aromatic N) is 1. The zero-order chi connectivity index (χ0) is 13.5. The van der Waals surface area contributed by atoms with Gasteiger partial charge in [0.15, 0.2) is 17.5 Å². The Morgan fingerprint density at radius 3 is 2.37 bits per heavy atom. The molecule has 0 aliphatic carbocycles. The van der Waals surface area contributed by atoms with Crippen LogP contribution in [-0.4, -0.2) is 31.9 Å². The third-order valence-corrected chi connectivity index (χ3v) is 4.69. The van der Waals surface area contributed by atoms with Crippen molar-refractivity contribution < 1.29 is 21.6 Å². The van der Waals surface area contributed by atoms with Crippen molar-refractivity contribution in [3.8, 4) is 0 Å². The van der Waals surface area contributed by atoms with E-state index in [1.807, 2.05) is 0 Å². The quantitative estimate of drug-likeness (QED) is 0.835. The molecule has 0 bridgehead atoms. The fourth-order valence-electron chi connectivity index (χ4n) is 1.82. The zero-order valence-electron chi connectivity index (χ0n) is 9.64. The highest BCUT2D eigenvalue weighted by Gasteiger charge is 2.34. The second kappa shape index (κ2) is 5.66. The number of rotatable bonds is 2. The van der Waals surface area contributed by atoms with E-state index in [1.54, 1.807) is 0 Å². The summed E-state index contributed by atoms with van der Waals surface area (Å²) in [5.74, 6) is -4.92. The first-order chi connectivity index (χ1) is 8.34. The summed E-state index contributed by atoms with van der Waals surface area (Å²) in [6, 6.07) is 0.974. The SMILES string of the molecule is Cl.N[C@@H]1CCN(S(=O)(=O)c2ccc(F)c(F)c2F)C1. The average molecular weight is 317 g/mol. The summed E-state index contributed by atoms with van der Waals surface area (Å²) >= 11 is 0. The second-order valence-corrected chi connectivity index (χ2v) is 5.99.